The number of rotatable bonds is 5. The summed E-state index contributed by atoms with van der Waals surface area (Å²) in [6, 6.07) is 22.6. The monoisotopic (exact) mass is 387 g/mol. The summed E-state index contributed by atoms with van der Waals surface area (Å²) in [6.07, 6.45) is 3.50. The second-order valence-electron chi connectivity index (χ2n) is 5.88. The summed E-state index contributed by atoms with van der Waals surface area (Å²) in [5.41, 5.74) is 5.76. The molecule has 0 unspecified atom stereocenters. The molecule has 2 N–H and O–H groups in total. The maximum Gasteiger partial charge on any atom is 0.339 e. The van der Waals surface area contributed by atoms with Crippen molar-refractivity contribution in [3.05, 3.63) is 89.9 Å². The number of hydrogen-bond donors (Lipinski definition) is 2. The molecule has 2 aromatic heterocycles. The van der Waals surface area contributed by atoms with Gasteiger partial charge in [0.25, 0.3) is 0 Å². The lowest BCUT2D eigenvalue weighted by atomic mass is 10.2. The summed E-state index contributed by atoms with van der Waals surface area (Å²) >= 11 is 1.60. The zero-order chi connectivity index (χ0) is 19.2. The summed E-state index contributed by atoms with van der Waals surface area (Å²) in [5, 5.41) is 13.5. The molecule has 0 saturated carbocycles. The number of carbonyl (C=O) groups excluding carboxylic acids is 1. The molecule has 7 heteroatoms. The van der Waals surface area contributed by atoms with Crippen LogP contribution in [0.25, 0.3) is 16.3 Å². The van der Waals surface area contributed by atoms with Crippen LogP contribution in [0, 0.1) is 0 Å². The number of nitrogens with one attached hydrogen (secondary N) is 2. The first-order chi connectivity index (χ1) is 13.8. The van der Waals surface area contributed by atoms with Gasteiger partial charge in [-0.25, -0.2) is 14.9 Å². The number of para-hydroxylation sites is 2. The van der Waals surface area contributed by atoms with E-state index >= 15 is 0 Å². The van der Waals surface area contributed by atoms with E-state index in [1.54, 1.807) is 22.2 Å². The van der Waals surface area contributed by atoms with Gasteiger partial charge in [-0.05, 0) is 35.7 Å². The molecule has 0 fully saturated rings. The van der Waals surface area contributed by atoms with E-state index < -0.39 is 6.03 Å². The minimum absolute atomic E-state index is 0.407. The molecule has 0 bridgehead atoms. The number of hydrogen-bond acceptors (Lipinski definition) is 4. The van der Waals surface area contributed by atoms with Crippen LogP contribution in [-0.4, -0.2) is 22.0 Å². The lowest BCUT2D eigenvalue weighted by molar-refractivity contribution is 0.252. The van der Waals surface area contributed by atoms with Gasteiger partial charge >= 0.3 is 6.03 Å². The fourth-order valence-electron chi connectivity index (χ4n) is 2.64. The van der Waals surface area contributed by atoms with Crippen LogP contribution in [0.1, 0.15) is 5.56 Å². The van der Waals surface area contributed by atoms with Gasteiger partial charge in [0.05, 0.1) is 16.8 Å². The Balaban J connectivity index is 1.54. The molecule has 0 aliphatic heterocycles. The molecule has 4 aromatic rings. The first kappa shape index (κ1) is 17.7. The average molecular weight is 387 g/mol. The maximum atomic E-state index is 12.0. The van der Waals surface area contributed by atoms with Crippen LogP contribution in [0.5, 0.6) is 0 Å². The Morgan fingerprint density at radius 1 is 1.00 bits per heavy atom. The van der Waals surface area contributed by atoms with Gasteiger partial charge < -0.3 is 5.32 Å². The molecule has 0 aliphatic rings. The van der Waals surface area contributed by atoms with Crippen LogP contribution in [0.2, 0.25) is 0 Å². The Labute approximate surface area is 166 Å². The minimum atomic E-state index is -0.407. The largest absolute Gasteiger partial charge is 0.339 e. The molecule has 0 atom stereocenters. The number of hydrazone groups is 1. The second kappa shape index (κ2) is 8.32. The van der Waals surface area contributed by atoms with E-state index in [9.17, 15) is 4.79 Å². The Morgan fingerprint density at radius 3 is 2.46 bits per heavy atom. The predicted octanol–water partition coefficient (Wildman–Crippen LogP) is 4.76. The number of nitrogens with zero attached hydrogens (tertiary/aromatic N) is 3. The third-order valence-electron chi connectivity index (χ3n) is 3.92. The van der Waals surface area contributed by atoms with Gasteiger partial charge in [-0.15, -0.1) is 11.3 Å². The third kappa shape index (κ3) is 4.16. The minimum Gasteiger partial charge on any atom is -0.307 e. The van der Waals surface area contributed by atoms with Crippen LogP contribution in [0.4, 0.5) is 10.5 Å². The zero-order valence-corrected chi connectivity index (χ0v) is 15.6. The summed E-state index contributed by atoms with van der Waals surface area (Å²) in [6.45, 7) is 0. The van der Waals surface area contributed by atoms with E-state index in [2.05, 4.69) is 15.8 Å². The van der Waals surface area contributed by atoms with Gasteiger partial charge in [0, 0.05) is 17.4 Å². The van der Waals surface area contributed by atoms with Crippen LogP contribution in [0.15, 0.2) is 89.5 Å². The molecule has 28 heavy (non-hydrogen) atoms. The first-order valence-electron chi connectivity index (χ1n) is 8.64. The number of anilines is 1. The van der Waals surface area contributed by atoms with Crippen LogP contribution in [-0.2, 0) is 0 Å². The second-order valence-corrected chi connectivity index (χ2v) is 6.83. The van der Waals surface area contributed by atoms with Crippen molar-refractivity contribution in [2.45, 2.75) is 0 Å². The Hall–Kier alpha value is -3.71. The van der Waals surface area contributed by atoms with Gasteiger partial charge in [-0.1, -0.05) is 42.5 Å². The number of urea groups is 1. The highest BCUT2D eigenvalue weighted by molar-refractivity contribution is 7.13. The first-order valence-corrected chi connectivity index (χ1v) is 9.51. The summed E-state index contributed by atoms with van der Waals surface area (Å²) in [7, 11) is 0. The number of amides is 2. The van der Waals surface area contributed by atoms with E-state index in [-0.39, 0.29) is 0 Å². The molecular weight excluding hydrogens is 370 g/mol. The number of carbonyl (C=O) groups is 1. The molecule has 0 aliphatic carbocycles. The number of aromatic nitrogens is 2. The maximum absolute atomic E-state index is 12.0. The average Bonchev–Trinajstić information content (AvgIpc) is 3.39. The van der Waals surface area contributed by atoms with E-state index in [1.807, 2.05) is 84.4 Å². The number of thiophene rings is 1. The fraction of sp³-hybridized carbons (Fsp3) is 0. The molecule has 138 valence electrons. The molecule has 2 aromatic carbocycles. The molecule has 2 amide bonds. The quantitative estimate of drug-likeness (QED) is 0.383. The molecule has 6 nitrogen and oxygen atoms in total. The van der Waals surface area contributed by atoms with E-state index in [0.29, 0.717) is 5.69 Å². The topological polar surface area (TPSA) is 71.3 Å². The smallest absolute Gasteiger partial charge is 0.307 e. The van der Waals surface area contributed by atoms with Gasteiger partial charge in [-0.3, -0.25) is 0 Å². The van der Waals surface area contributed by atoms with Crippen molar-refractivity contribution in [2.24, 2.45) is 5.10 Å². The van der Waals surface area contributed by atoms with Crippen molar-refractivity contribution in [2.75, 3.05) is 5.32 Å². The van der Waals surface area contributed by atoms with Gasteiger partial charge in [-0.2, -0.15) is 10.2 Å². The molecule has 4 rings (SSSR count). The van der Waals surface area contributed by atoms with Crippen molar-refractivity contribution in [1.29, 1.82) is 0 Å². The summed E-state index contributed by atoms with van der Waals surface area (Å²) < 4.78 is 1.81. The van der Waals surface area contributed by atoms with E-state index in [1.165, 1.54) is 0 Å². The van der Waals surface area contributed by atoms with Crippen molar-refractivity contribution in [1.82, 2.24) is 15.2 Å². The van der Waals surface area contributed by atoms with E-state index in [4.69, 9.17) is 5.10 Å². The van der Waals surface area contributed by atoms with E-state index in [0.717, 1.165) is 21.8 Å². The highest BCUT2D eigenvalue weighted by atomic mass is 32.1. The Bertz CT molecular complexity index is 1070. The standard InChI is InChI=1S/C21H17N5OS/c27-21(23-17-8-3-1-4-9-17)24-22-14-16-15-26(18-10-5-2-6-11-18)25-20(16)19-12-7-13-28-19/h1-15H,(H2,23,24,27)/b22-14-. The fourth-order valence-corrected chi connectivity index (χ4v) is 3.37. The molecule has 0 radical (unpaired) electrons. The van der Waals surface area contributed by atoms with Crippen molar-refractivity contribution < 1.29 is 4.79 Å². The Morgan fingerprint density at radius 2 is 1.75 bits per heavy atom. The third-order valence-corrected chi connectivity index (χ3v) is 4.80. The van der Waals surface area contributed by atoms with Crippen LogP contribution < -0.4 is 10.7 Å². The van der Waals surface area contributed by atoms with Crippen molar-refractivity contribution in [3.8, 4) is 16.3 Å². The molecule has 0 spiro atoms. The van der Waals surface area contributed by atoms with Crippen molar-refractivity contribution in [3.63, 3.8) is 0 Å². The van der Waals surface area contributed by atoms with Gasteiger partial charge in [0.2, 0.25) is 0 Å². The normalized spacial score (nSPS) is 10.9. The molecular formula is C21H17N5OS. The zero-order valence-electron chi connectivity index (χ0n) is 14.8. The summed E-state index contributed by atoms with van der Waals surface area (Å²) in [4.78, 5) is 13.0. The molecule has 2 heterocycles. The van der Waals surface area contributed by atoms with Crippen LogP contribution in [0.3, 0.4) is 0 Å². The highest BCUT2D eigenvalue weighted by Gasteiger charge is 2.12. The van der Waals surface area contributed by atoms with Crippen LogP contribution >= 0.6 is 11.3 Å². The number of benzene rings is 2. The molecule has 0 saturated heterocycles. The van der Waals surface area contributed by atoms with Gasteiger partial charge in [0.1, 0.15) is 5.69 Å². The summed E-state index contributed by atoms with van der Waals surface area (Å²) in [5.74, 6) is 0. The Kier molecular flexibility index (Phi) is 5.26. The predicted molar refractivity (Wildman–Crippen MR) is 113 cm³/mol. The lowest BCUT2D eigenvalue weighted by Crippen LogP contribution is -2.24. The highest BCUT2D eigenvalue weighted by Crippen LogP contribution is 2.26. The SMILES string of the molecule is O=C(N/N=C\c1cn(-c2ccccc2)nc1-c1cccs1)Nc1ccccc1. The van der Waals surface area contributed by atoms with Crippen molar-refractivity contribution >= 4 is 29.3 Å². The van der Waals surface area contributed by atoms with Gasteiger partial charge in [0.15, 0.2) is 0 Å². The lowest BCUT2D eigenvalue weighted by Gasteiger charge is -2.02.